The van der Waals surface area contributed by atoms with Crippen LogP contribution in [0.3, 0.4) is 0 Å². The fourth-order valence-corrected chi connectivity index (χ4v) is 2.55. The van der Waals surface area contributed by atoms with Crippen molar-refractivity contribution in [2.75, 3.05) is 39.3 Å². The molecule has 1 fully saturated rings. The topological polar surface area (TPSA) is 65.8 Å². The van der Waals surface area contributed by atoms with E-state index in [0.29, 0.717) is 25.2 Å². The molecule has 1 aliphatic heterocycles. The SMILES string of the molecule is C#CCNC(=O)CN1CCCN(C(=O)c2ccoc2Cl)CC1. The second-order valence-corrected chi connectivity index (χ2v) is 5.35. The first-order chi connectivity index (χ1) is 10.6. The molecule has 1 aliphatic rings. The van der Waals surface area contributed by atoms with Crippen molar-refractivity contribution in [1.29, 1.82) is 0 Å². The quantitative estimate of drug-likeness (QED) is 0.834. The summed E-state index contributed by atoms with van der Waals surface area (Å²) in [6.07, 6.45) is 7.30. The van der Waals surface area contributed by atoms with E-state index in [9.17, 15) is 9.59 Å². The number of carbonyl (C=O) groups excluding carboxylic acids is 2. The third kappa shape index (κ3) is 4.26. The summed E-state index contributed by atoms with van der Waals surface area (Å²) in [6, 6.07) is 1.57. The van der Waals surface area contributed by atoms with Crippen molar-refractivity contribution in [3.63, 3.8) is 0 Å². The van der Waals surface area contributed by atoms with Gasteiger partial charge in [-0.2, -0.15) is 0 Å². The summed E-state index contributed by atoms with van der Waals surface area (Å²) >= 11 is 5.85. The normalized spacial score (nSPS) is 15.9. The Kier molecular flexibility index (Phi) is 5.87. The number of hydrogen-bond acceptors (Lipinski definition) is 4. The van der Waals surface area contributed by atoms with Crippen LogP contribution in [0.25, 0.3) is 0 Å². The standard InChI is InChI=1S/C15H18ClN3O3/c1-2-5-17-13(20)11-18-6-3-7-19(9-8-18)15(21)12-4-10-22-14(12)16/h1,4,10H,3,5-9,11H2,(H,17,20). The Morgan fingerprint density at radius 2 is 2.18 bits per heavy atom. The molecule has 0 bridgehead atoms. The summed E-state index contributed by atoms with van der Waals surface area (Å²) in [7, 11) is 0. The average molecular weight is 324 g/mol. The number of nitrogens with zero attached hydrogens (tertiary/aromatic N) is 2. The van der Waals surface area contributed by atoms with Gasteiger partial charge in [0.2, 0.25) is 11.1 Å². The summed E-state index contributed by atoms with van der Waals surface area (Å²) in [5, 5.41) is 2.75. The number of nitrogens with one attached hydrogen (secondary N) is 1. The van der Waals surface area contributed by atoms with Gasteiger partial charge in [-0.05, 0) is 24.1 Å². The molecule has 1 aromatic heterocycles. The van der Waals surface area contributed by atoms with Gasteiger partial charge in [-0.25, -0.2) is 0 Å². The molecule has 0 aliphatic carbocycles. The monoisotopic (exact) mass is 323 g/mol. The molecular formula is C15H18ClN3O3. The van der Waals surface area contributed by atoms with Gasteiger partial charge >= 0.3 is 0 Å². The van der Waals surface area contributed by atoms with Crippen LogP contribution in [-0.2, 0) is 4.79 Å². The molecule has 22 heavy (non-hydrogen) atoms. The van der Waals surface area contributed by atoms with Crippen LogP contribution in [0, 0.1) is 12.3 Å². The maximum atomic E-state index is 12.4. The third-order valence-electron chi connectivity index (χ3n) is 3.48. The summed E-state index contributed by atoms with van der Waals surface area (Å²) in [5.41, 5.74) is 0.377. The molecule has 0 spiro atoms. The number of hydrogen-bond donors (Lipinski definition) is 1. The highest BCUT2D eigenvalue weighted by atomic mass is 35.5. The second-order valence-electron chi connectivity index (χ2n) is 5.01. The zero-order valence-electron chi connectivity index (χ0n) is 12.2. The molecule has 2 heterocycles. The molecule has 1 saturated heterocycles. The van der Waals surface area contributed by atoms with E-state index >= 15 is 0 Å². The van der Waals surface area contributed by atoms with Crippen LogP contribution in [-0.4, -0.2) is 60.9 Å². The van der Waals surface area contributed by atoms with E-state index < -0.39 is 0 Å². The van der Waals surface area contributed by atoms with Gasteiger partial charge in [0.15, 0.2) is 0 Å². The Morgan fingerprint density at radius 3 is 2.86 bits per heavy atom. The molecule has 118 valence electrons. The zero-order valence-corrected chi connectivity index (χ0v) is 12.9. The predicted octanol–water partition coefficient (Wildman–Crippen LogP) is 0.830. The van der Waals surface area contributed by atoms with Gasteiger partial charge in [-0.1, -0.05) is 5.92 Å². The van der Waals surface area contributed by atoms with Crippen molar-refractivity contribution in [2.24, 2.45) is 0 Å². The summed E-state index contributed by atoms with van der Waals surface area (Å²) in [5.74, 6) is 2.12. The maximum absolute atomic E-state index is 12.4. The first-order valence-corrected chi connectivity index (χ1v) is 7.44. The molecule has 1 N–H and O–H groups in total. The van der Waals surface area contributed by atoms with Crippen LogP contribution in [0.5, 0.6) is 0 Å². The van der Waals surface area contributed by atoms with E-state index in [2.05, 4.69) is 11.2 Å². The minimum atomic E-state index is -0.141. The summed E-state index contributed by atoms with van der Waals surface area (Å²) in [4.78, 5) is 27.8. The van der Waals surface area contributed by atoms with Crippen LogP contribution in [0.2, 0.25) is 5.22 Å². The van der Waals surface area contributed by atoms with Crippen molar-refractivity contribution in [3.05, 3.63) is 23.1 Å². The Balaban J connectivity index is 1.87. The zero-order chi connectivity index (χ0) is 15.9. The van der Waals surface area contributed by atoms with Gasteiger partial charge in [-0.15, -0.1) is 6.42 Å². The lowest BCUT2D eigenvalue weighted by atomic mass is 10.3. The lowest BCUT2D eigenvalue weighted by molar-refractivity contribution is -0.121. The Morgan fingerprint density at radius 1 is 1.36 bits per heavy atom. The fraction of sp³-hybridized carbons (Fsp3) is 0.467. The van der Waals surface area contributed by atoms with Gasteiger partial charge in [-0.3, -0.25) is 14.5 Å². The van der Waals surface area contributed by atoms with Gasteiger partial charge in [0.05, 0.1) is 24.9 Å². The average Bonchev–Trinajstić information content (AvgIpc) is 2.79. The minimum absolute atomic E-state index is 0.101. The Bertz CT molecular complexity index is 579. The molecule has 0 aromatic carbocycles. The van der Waals surface area contributed by atoms with Gasteiger partial charge in [0, 0.05) is 26.2 Å². The highest BCUT2D eigenvalue weighted by molar-refractivity contribution is 6.32. The van der Waals surface area contributed by atoms with Crippen LogP contribution < -0.4 is 5.32 Å². The number of furan rings is 1. The molecule has 2 amide bonds. The van der Waals surface area contributed by atoms with Gasteiger partial charge < -0.3 is 14.6 Å². The first-order valence-electron chi connectivity index (χ1n) is 7.06. The first kappa shape index (κ1) is 16.4. The highest BCUT2D eigenvalue weighted by Crippen LogP contribution is 2.19. The van der Waals surface area contributed by atoms with Gasteiger partial charge in [0.25, 0.3) is 5.91 Å². The number of terminal acetylenes is 1. The summed E-state index contributed by atoms with van der Waals surface area (Å²) < 4.78 is 4.96. The fourth-order valence-electron chi connectivity index (χ4n) is 2.36. The number of rotatable bonds is 4. The van der Waals surface area contributed by atoms with Crippen molar-refractivity contribution >= 4 is 23.4 Å². The second kappa shape index (κ2) is 7.87. The van der Waals surface area contributed by atoms with E-state index in [4.69, 9.17) is 22.4 Å². The molecule has 7 heteroatoms. The minimum Gasteiger partial charge on any atom is -0.452 e. The van der Waals surface area contributed by atoms with E-state index in [1.165, 1.54) is 6.26 Å². The molecule has 2 rings (SSSR count). The van der Waals surface area contributed by atoms with Crippen LogP contribution in [0.4, 0.5) is 0 Å². The smallest absolute Gasteiger partial charge is 0.258 e. The van der Waals surface area contributed by atoms with Crippen molar-refractivity contribution < 1.29 is 14.0 Å². The third-order valence-corrected chi connectivity index (χ3v) is 3.77. The number of amides is 2. The van der Waals surface area contributed by atoms with E-state index in [1.807, 2.05) is 4.90 Å². The molecule has 0 atom stereocenters. The molecule has 0 unspecified atom stereocenters. The van der Waals surface area contributed by atoms with E-state index in [0.717, 1.165) is 13.0 Å². The van der Waals surface area contributed by atoms with Gasteiger partial charge in [0.1, 0.15) is 0 Å². The van der Waals surface area contributed by atoms with Crippen LogP contribution in [0.1, 0.15) is 16.8 Å². The van der Waals surface area contributed by atoms with Crippen molar-refractivity contribution in [1.82, 2.24) is 15.1 Å². The Labute approximate surface area is 134 Å². The van der Waals surface area contributed by atoms with Crippen molar-refractivity contribution in [3.8, 4) is 12.3 Å². The maximum Gasteiger partial charge on any atom is 0.258 e. The Hall–Kier alpha value is -1.97. The summed E-state index contributed by atoms with van der Waals surface area (Å²) in [6.45, 7) is 3.08. The molecule has 0 radical (unpaired) electrons. The lowest BCUT2D eigenvalue weighted by Crippen LogP contribution is -2.40. The molecule has 1 aromatic rings. The van der Waals surface area contributed by atoms with Crippen LogP contribution in [0.15, 0.2) is 16.7 Å². The lowest BCUT2D eigenvalue weighted by Gasteiger charge is -2.21. The van der Waals surface area contributed by atoms with E-state index in [-0.39, 0.29) is 30.1 Å². The van der Waals surface area contributed by atoms with Crippen LogP contribution >= 0.6 is 11.6 Å². The van der Waals surface area contributed by atoms with Crippen molar-refractivity contribution in [2.45, 2.75) is 6.42 Å². The van der Waals surface area contributed by atoms with E-state index in [1.54, 1.807) is 11.0 Å². The predicted molar refractivity (Wildman–Crippen MR) is 82.5 cm³/mol. The molecular weight excluding hydrogens is 306 g/mol. The molecule has 6 nitrogen and oxygen atoms in total. The number of halogens is 1. The molecule has 0 saturated carbocycles. The largest absolute Gasteiger partial charge is 0.452 e. The number of carbonyl (C=O) groups is 2. The highest BCUT2D eigenvalue weighted by Gasteiger charge is 2.23.